The van der Waals surface area contributed by atoms with E-state index in [1.54, 1.807) is 4.57 Å². The van der Waals surface area contributed by atoms with E-state index in [0.29, 0.717) is 5.69 Å². The Morgan fingerprint density at radius 2 is 0.708 bits per heavy atom. The van der Waals surface area contributed by atoms with Crippen LogP contribution in [0.25, 0.3) is 99.5 Å². The van der Waals surface area contributed by atoms with Crippen molar-refractivity contribution in [3.63, 3.8) is 0 Å². The number of anilines is 6. The Kier molecular flexibility index (Phi) is 11.8. The first-order valence-corrected chi connectivity index (χ1v) is 33.6. The summed E-state index contributed by atoms with van der Waals surface area (Å²) in [5.74, 6) is -0.0109. The minimum absolute atomic E-state index is 0.0109. The van der Waals surface area contributed by atoms with Gasteiger partial charge in [0.1, 0.15) is 0 Å². The molecular weight excluding hydrogens is 1160 g/mol. The van der Waals surface area contributed by atoms with Gasteiger partial charge in [0.15, 0.2) is 0 Å². The van der Waals surface area contributed by atoms with Gasteiger partial charge < -0.3 is 18.9 Å². The van der Waals surface area contributed by atoms with Crippen LogP contribution in [-0.2, 0) is 10.8 Å². The van der Waals surface area contributed by atoms with Gasteiger partial charge >= 0.3 is 0 Å². The lowest BCUT2D eigenvalue weighted by atomic mass is 9.33. The van der Waals surface area contributed by atoms with Crippen LogP contribution in [0.5, 0.6) is 0 Å². The summed E-state index contributed by atoms with van der Waals surface area (Å²) in [5.41, 5.74) is 26.0. The SMILES string of the molecule is [2H]c1c([2H])c([2H])c2c(c1[2H])c1c([2H])c([2H])c([2H])c([2H])c1n2-c1ccc2c(c1)N(c1c(-c3ccccc3)cc(C(C)(C)C)cc1-c1ccccc1)c1cc(C(C)C)cc3c1B2c1ccc(-n2c4ccc(C)cc4c4cc(C)ccc42)cc1N3c1c(-c2ccccc2)cc(C(C)(C)C)cc1-c1ccccc1. The predicted octanol–water partition coefficient (Wildman–Crippen LogP) is 23.0. The Labute approximate surface area is 576 Å². The van der Waals surface area contributed by atoms with E-state index in [1.807, 2.05) is 6.07 Å². The maximum atomic E-state index is 9.81. The maximum Gasteiger partial charge on any atom is 0.252 e. The standard InChI is InChI=1S/C91H77BN4/c1-57(2)64-49-85-87-86(50-64)96(89-73(62-31-19-13-20-32-62)53-66(91(8,9)10)54-74(89)63-33-21-14-22-34-63)84-56-68(94-81-45-39-58(3)47-75(81)76-48-59(4)40-46-82(76)94)42-44-78(84)92(87)77-43-41-67(93-79-37-25-23-35-69(79)70-36-24-26-38-80(70)93)55-83(77)95(85)88-71(60-27-15-11-16-28-60)51-65(90(5,6)7)52-72(88)61-29-17-12-18-30-61/h11-57H,1-10H3/i23D,24D,25D,26D,35D,36D,37D,38D. The Morgan fingerprint density at radius 3 is 1.06 bits per heavy atom. The van der Waals surface area contributed by atoms with Crippen molar-refractivity contribution in [1.82, 2.24) is 9.13 Å². The third-order valence-corrected chi connectivity index (χ3v) is 20.1. The van der Waals surface area contributed by atoms with Crippen LogP contribution in [0.4, 0.5) is 34.1 Å². The molecule has 15 aromatic rings. The molecule has 0 N–H and O–H groups in total. The summed E-state index contributed by atoms with van der Waals surface area (Å²) >= 11 is 0. The van der Waals surface area contributed by atoms with Gasteiger partial charge in [-0.25, -0.2) is 0 Å². The topological polar surface area (TPSA) is 16.3 Å². The quantitative estimate of drug-likeness (QED) is 0.134. The first-order chi connectivity index (χ1) is 49.9. The highest BCUT2D eigenvalue weighted by Crippen LogP contribution is 2.55. The number of hydrogen-bond acceptors (Lipinski definition) is 2. The summed E-state index contributed by atoms with van der Waals surface area (Å²) in [7, 11) is 0. The van der Waals surface area contributed by atoms with E-state index in [0.717, 1.165) is 123 Å². The van der Waals surface area contributed by atoms with Crippen LogP contribution in [0.15, 0.2) is 279 Å². The largest absolute Gasteiger partial charge is 0.310 e. The van der Waals surface area contributed by atoms with E-state index in [9.17, 15) is 8.22 Å². The van der Waals surface area contributed by atoms with Crippen LogP contribution in [0.1, 0.15) is 100 Å². The number of para-hydroxylation sites is 2. The first kappa shape index (κ1) is 50.6. The maximum absolute atomic E-state index is 9.81. The molecule has 17 rings (SSSR count). The average molecular weight is 1250 g/mol. The molecule has 96 heavy (non-hydrogen) atoms. The second kappa shape index (κ2) is 22.4. The highest BCUT2D eigenvalue weighted by molar-refractivity contribution is 7.00. The van der Waals surface area contributed by atoms with Crippen LogP contribution < -0.4 is 26.2 Å². The zero-order valence-electron chi connectivity index (χ0n) is 63.9. The van der Waals surface area contributed by atoms with Crippen molar-refractivity contribution in [3.05, 3.63) is 307 Å². The summed E-state index contributed by atoms with van der Waals surface area (Å²) in [5, 5.41) is 2.39. The van der Waals surface area contributed by atoms with Gasteiger partial charge in [-0.3, -0.25) is 0 Å². The van der Waals surface area contributed by atoms with Crippen molar-refractivity contribution in [1.29, 1.82) is 0 Å². The lowest BCUT2D eigenvalue weighted by molar-refractivity contribution is 0.590. The molecule has 0 bridgehead atoms. The van der Waals surface area contributed by atoms with Crippen LogP contribution in [-0.4, -0.2) is 15.8 Å². The molecule has 0 unspecified atom stereocenters. The molecule has 0 spiro atoms. The molecule has 0 amide bonds. The summed E-state index contributed by atoms with van der Waals surface area (Å²) in [6, 6.07) is 80.9. The number of benzene rings is 13. The molecular formula is C91H77BN4. The highest BCUT2D eigenvalue weighted by Gasteiger charge is 2.46. The number of aromatic nitrogens is 2. The normalized spacial score (nSPS) is 14.1. The number of aryl methyl sites for hydroxylation is 2. The summed E-state index contributed by atoms with van der Waals surface area (Å²) in [4.78, 5) is 5.07. The van der Waals surface area contributed by atoms with Gasteiger partial charge in [0.05, 0.1) is 44.4 Å². The van der Waals surface area contributed by atoms with E-state index in [1.165, 1.54) is 27.5 Å². The Bertz CT molecular complexity index is 5850. The second-order valence-corrected chi connectivity index (χ2v) is 28.7. The first-order valence-electron chi connectivity index (χ1n) is 37.6. The van der Waals surface area contributed by atoms with E-state index in [4.69, 9.17) is 2.74 Å². The van der Waals surface area contributed by atoms with Gasteiger partial charge in [0.25, 0.3) is 6.71 Å². The van der Waals surface area contributed by atoms with Crippen molar-refractivity contribution >= 4 is 101 Å². The Morgan fingerprint density at radius 1 is 0.354 bits per heavy atom. The fourth-order valence-electron chi connectivity index (χ4n) is 15.3. The Balaban J connectivity index is 1.09. The van der Waals surface area contributed by atoms with Gasteiger partial charge in [0.2, 0.25) is 0 Å². The van der Waals surface area contributed by atoms with Crippen LogP contribution in [0.2, 0.25) is 0 Å². The molecule has 0 atom stereocenters. The van der Waals surface area contributed by atoms with Gasteiger partial charge in [-0.1, -0.05) is 248 Å². The minimum atomic E-state index is -0.493. The van der Waals surface area contributed by atoms with Gasteiger partial charge in [-0.15, -0.1) is 0 Å². The molecule has 2 aliphatic rings. The summed E-state index contributed by atoms with van der Waals surface area (Å²) < 4.78 is 79.4. The molecule has 0 fully saturated rings. The molecule has 0 aliphatic carbocycles. The van der Waals surface area contributed by atoms with Crippen molar-refractivity contribution < 1.29 is 11.0 Å². The van der Waals surface area contributed by atoms with Crippen LogP contribution in [0.3, 0.4) is 0 Å². The van der Waals surface area contributed by atoms with Gasteiger partial charge in [-0.05, 0) is 183 Å². The highest BCUT2D eigenvalue weighted by atomic mass is 15.2. The molecule has 13 aromatic carbocycles. The van der Waals surface area contributed by atoms with Gasteiger partial charge in [-0.2, -0.15) is 0 Å². The zero-order chi connectivity index (χ0) is 72.4. The summed E-state index contributed by atoms with van der Waals surface area (Å²) in [6.07, 6.45) is 0. The molecule has 0 radical (unpaired) electrons. The molecule has 0 saturated carbocycles. The Hall–Kier alpha value is -10.9. The molecule has 2 aromatic heterocycles. The second-order valence-electron chi connectivity index (χ2n) is 28.7. The predicted molar refractivity (Wildman–Crippen MR) is 412 cm³/mol. The minimum Gasteiger partial charge on any atom is -0.310 e. The van der Waals surface area contributed by atoms with E-state index in [-0.39, 0.29) is 62.7 Å². The zero-order valence-corrected chi connectivity index (χ0v) is 55.9. The van der Waals surface area contributed by atoms with Crippen molar-refractivity contribution in [2.45, 2.75) is 86.0 Å². The van der Waals surface area contributed by atoms with E-state index >= 15 is 0 Å². The van der Waals surface area contributed by atoms with Crippen LogP contribution in [0, 0.1) is 13.8 Å². The fraction of sp³-hybridized carbons (Fsp3) is 0.143. The molecule has 4 nitrogen and oxygen atoms in total. The van der Waals surface area contributed by atoms with Crippen molar-refractivity contribution in [2.75, 3.05) is 9.80 Å². The molecule has 4 heterocycles. The average Bonchev–Trinajstić information content (AvgIpc) is 0.864. The monoisotopic (exact) mass is 1240 g/mol. The third kappa shape index (κ3) is 9.48. The molecule has 5 heteroatoms. The summed E-state index contributed by atoms with van der Waals surface area (Å²) in [6.45, 7) is 22.1. The number of rotatable bonds is 9. The number of nitrogens with zero attached hydrogens (tertiary/aromatic N) is 4. The van der Waals surface area contributed by atoms with Gasteiger partial charge in [0, 0.05) is 77.9 Å². The lowest BCUT2D eigenvalue weighted by Gasteiger charge is -2.46. The fourth-order valence-corrected chi connectivity index (χ4v) is 15.3. The number of fused-ring (bicyclic) bond motifs is 10. The van der Waals surface area contributed by atoms with Crippen molar-refractivity contribution in [3.8, 4) is 55.9 Å². The lowest BCUT2D eigenvalue weighted by Crippen LogP contribution is -2.61. The van der Waals surface area contributed by atoms with Crippen molar-refractivity contribution in [2.24, 2.45) is 0 Å². The molecule has 2 aliphatic heterocycles. The number of hydrogen-bond donors (Lipinski definition) is 0. The smallest absolute Gasteiger partial charge is 0.252 e. The van der Waals surface area contributed by atoms with E-state index in [2.05, 4.69) is 308 Å². The van der Waals surface area contributed by atoms with E-state index < -0.39 is 30.9 Å². The molecule has 464 valence electrons. The third-order valence-electron chi connectivity index (χ3n) is 20.1. The van der Waals surface area contributed by atoms with Crippen LogP contribution >= 0.6 is 0 Å². The molecule has 0 saturated heterocycles.